The molecule has 3 rings (SSSR count). The molecule has 3 heterocycles. The molecule has 2 aromatic rings. The summed E-state index contributed by atoms with van der Waals surface area (Å²) >= 11 is 0. The van der Waals surface area contributed by atoms with E-state index in [1.807, 2.05) is 36.9 Å². The Morgan fingerprint density at radius 1 is 1.41 bits per heavy atom. The number of methoxy groups -OCH3 is 1. The standard InChI is InChI=1S/C19H27N5O3/c1-13-11-16(27-22-13)14-12-20-19(23(2)3)21-18(14)15-7-5-6-9-24(15)17(25)8-10-26-4/h11-12,15H,5-10H2,1-4H3/t15-/m1/s1. The van der Waals surface area contributed by atoms with Crippen LogP contribution in [0.4, 0.5) is 5.95 Å². The van der Waals surface area contributed by atoms with Gasteiger partial charge in [0.1, 0.15) is 0 Å². The topological polar surface area (TPSA) is 84.6 Å². The van der Waals surface area contributed by atoms with E-state index in [0.29, 0.717) is 24.7 Å². The Hall–Kier alpha value is -2.48. The molecule has 0 N–H and O–H groups in total. The van der Waals surface area contributed by atoms with E-state index in [-0.39, 0.29) is 11.9 Å². The van der Waals surface area contributed by atoms with E-state index in [1.165, 1.54) is 0 Å². The third-order valence-electron chi connectivity index (χ3n) is 4.76. The van der Waals surface area contributed by atoms with Crippen LogP contribution in [0.5, 0.6) is 0 Å². The van der Waals surface area contributed by atoms with Gasteiger partial charge in [-0.1, -0.05) is 5.16 Å². The van der Waals surface area contributed by atoms with Crippen molar-refractivity contribution in [1.82, 2.24) is 20.0 Å². The monoisotopic (exact) mass is 373 g/mol. The van der Waals surface area contributed by atoms with E-state index in [0.717, 1.165) is 42.8 Å². The molecule has 1 aliphatic heterocycles. The minimum atomic E-state index is -0.106. The number of hydrogen-bond acceptors (Lipinski definition) is 7. The molecule has 1 aliphatic rings. The maximum Gasteiger partial charge on any atom is 0.225 e. The van der Waals surface area contributed by atoms with Gasteiger partial charge in [0.15, 0.2) is 5.76 Å². The van der Waals surface area contributed by atoms with Crippen molar-refractivity contribution in [1.29, 1.82) is 0 Å². The summed E-state index contributed by atoms with van der Waals surface area (Å²) in [6.07, 6.45) is 5.05. The predicted octanol–water partition coefficient (Wildman–Crippen LogP) is 2.60. The number of hydrogen-bond donors (Lipinski definition) is 0. The van der Waals surface area contributed by atoms with Gasteiger partial charge in [0.25, 0.3) is 0 Å². The molecular formula is C19H27N5O3. The summed E-state index contributed by atoms with van der Waals surface area (Å²) in [5, 5.41) is 3.99. The van der Waals surface area contributed by atoms with Crippen molar-refractivity contribution >= 4 is 11.9 Å². The number of amides is 1. The number of ether oxygens (including phenoxy) is 1. The van der Waals surface area contributed by atoms with Crippen LogP contribution in [0, 0.1) is 6.92 Å². The van der Waals surface area contributed by atoms with Gasteiger partial charge < -0.3 is 19.1 Å². The molecule has 0 aliphatic carbocycles. The Bertz CT molecular complexity index is 789. The molecule has 1 fully saturated rings. The first-order chi connectivity index (χ1) is 13.0. The summed E-state index contributed by atoms with van der Waals surface area (Å²) in [6, 6.07) is 1.77. The van der Waals surface area contributed by atoms with Gasteiger partial charge in [0.2, 0.25) is 11.9 Å². The highest BCUT2D eigenvalue weighted by Crippen LogP contribution is 2.36. The maximum atomic E-state index is 12.8. The smallest absolute Gasteiger partial charge is 0.225 e. The fourth-order valence-electron chi connectivity index (χ4n) is 3.38. The van der Waals surface area contributed by atoms with Gasteiger partial charge in [0.05, 0.1) is 36.0 Å². The van der Waals surface area contributed by atoms with Gasteiger partial charge in [-0.25, -0.2) is 9.97 Å². The van der Waals surface area contributed by atoms with Crippen LogP contribution in [0.1, 0.15) is 43.1 Å². The zero-order valence-corrected chi connectivity index (χ0v) is 16.4. The number of carbonyl (C=O) groups is 1. The van der Waals surface area contributed by atoms with E-state index in [9.17, 15) is 4.79 Å². The van der Waals surface area contributed by atoms with E-state index in [1.54, 1.807) is 13.3 Å². The molecule has 1 atom stereocenters. The number of anilines is 1. The number of aromatic nitrogens is 3. The molecule has 0 aromatic carbocycles. The van der Waals surface area contributed by atoms with Crippen LogP contribution in [-0.2, 0) is 9.53 Å². The zero-order valence-electron chi connectivity index (χ0n) is 16.4. The average Bonchev–Trinajstić information content (AvgIpc) is 3.11. The SMILES string of the molecule is COCCC(=O)N1CCCC[C@@H]1c1nc(N(C)C)ncc1-c1cc(C)no1. The molecule has 0 bridgehead atoms. The first-order valence-corrected chi connectivity index (χ1v) is 9.27. The number of nitrogens with zero attached hydrogens (tertiary/aromatic N) is 5. The first kappa shape index (κ1) is 19.3. The van der Waals surface area contributed by atoms with Crippen molar-refractivity contribution < 1.29 is 14.1 Å². The lowest BCUT2D eigenvalue weighted by atomic mass is 9.95. The third kappa shape index (κ3) is 4.27. The molecule has 0 unspecified atom stereocenters. The van der Waals surface area contributed by atoms with Gasteiger partial charge in [0, 0.05) is 40.0 Å². The van der Waals surface area contributed by atoms with E-state index in [4.69, 9.17) is 14.2 Å². The minimum Gasteiger partial charge on any atom is -0.384 e. The van der Waals surface area contributed by atoms with Crippen molar-refractivity contribution in [3.05, 3.63) is 23.7 Å². The minimum absolute atomic E-state index is 0.0891. The summed E-state index contributed by atoms with van der Waals surface area (Å²) in [5.41, 5.74) is 2.40. The van der Waals surface area contributed by atoms with Crippen LogP contribution >= 0.6 is 0 Å². The molecule has 1 saturated heterocycles. The van der Waals surface area contributed by atoms with Gasteiger partial charge in [-0.2, -0.15) is 0 Å². The molecule has 0 saturated carbocycles. The number of piperidine rings is 1. The second-order valence-electron chi connectivity index (χ2n) is 7.04. The first-order valence-electron chi connectivity index (χ1n) is 9.27. The second-order valence-corrected chi connectivity index (χ2v) is 7.04. The van der Waals surface area contributed by atoms with E-state index in [2.05, 4.69) is 10.1 Å². The Morgan fingerprint density at radius 2 is 2.22 bits per heavy atom. The summed E-state index contributed by atoms with van der Waals surface area (Å²) in [6.45, 7) is 3.02. The Morgan fingerprint density at radius 3 is 2.89 bits per heavy atom. The predicted molar refractivity (Wildman–Crippen MR) is 101 cm³/mol. The third-order valence-corrected chi connectivity index (χ3v) is 4.76. The fourth-order valence-corrected chi connectivity index (χ4v) is 3.38. The largest absolute Gasteiger partial charge is 0.384 e. The quantitative estimate of drug-likeness (QED) is 0.769. The second kappa shape index (κ2) is 8.47. The molecule has 2 aromatic heterocycles. The van der Waals surface area contributed by atoms with Gasteiger partial charge in [-0.05, 0) is 26.2 Å². The van der Waals surface area contributed by atoms with Gasteiger partial charge in [-0.15, -0.1) is 0 Å². The lowest BCUT2D eigenvalue weighted by Gasteiger charge is -2.36. The summed E-state index contributed by atoms with van der Waals surface area (Å²) < 4.78 is 10.6. The van der Waals surface area contributed by atoms with Crippen LogP contribution < -0.4 is 4.90 Å². The Labute approximate surface area is 159 Å². The lowest BCUT2D eigenvalue weighted by Crippen LogP contribution is -2.39. The fraction of sp³-hybridized carbons (Fsp3) is 0.579. The molecule has 146 valence electrons. The van der Waals surface area contributed by atoms with E-state index < -0.39 is 0 Å². The van der Waals surface area contributed by atoms with Crippen LogP contribution in [0.2, 0.25) is 0 Å². The normalized spacial score (nSPS) is 17.2. The molecule has 0 radical (unpaired) electrons. The molecular weight excluding hydrogens is 346 g/mol. The molecule has 0 spiro atoms. The summed E-state index contributed by atoms with van der Waals surface area (Å²) in [5.74, 6) is 1.33. The van der Waals surface area contributed by atoms with Crippen molar-refractivity contribution in [2.45, 2.75) is 38.6 Å². The van der Waals surface area contributed by atoms with Crippen molar-refractivity contribution in [3.8, 4) is 11.3 Å². The van der Waals surface area contributed by atoms with Crippen LogP contribution in [-0.4, -0.2) is 60.3 Å². The van der Waals surface area contributed by atoms with Crippen LogP contribution in [0.15, 0.2) is 16.8 Å². The Kier molecular flexibility index (Phi) is 6.05. The van der Waals surface area contributed by atoms with Crippen LogP contribution in [0.3, 0.4) is 0 Å². The highest BCUT2D eigenvalue weighted by atomic mass is 16.5. The number of carbonyl (C=O) groups excluding carboxylic acids is 1. The maximum absolute atomic E-state index is 12.8. The highest BCUT2D eigenvalue weighted by molar-refractivity contribution is 5.77. The lowest BCUT2D eigenvalue weighted by molar-refractivity contribution is -0.136. The average molecular weight is 373 g/mol. The molecule has 27 heavy (non-hydrogen) atoms. The van der Waals surface area contributed by atoms with Crippen molar-refractivity contribution in [2.75, 3.05) is 39.3 Å². The zero-order chi connectivity index (χ0) is 19.4. The van der Waals surface area contributed by atoms with Gasteiger partial charge in [-0.3, -0.25) is 4.79 Å². The number of likely N-dealkylation sites (tertiary alicyclic amines) is 1. The molecule has 8 heteroatoms. The Balaban J connectivity index is 2.02. The van der Waals surface area contributed by atoms with Gasteiger partial charge >= 0.3 is 0 Å². The van der Waals surface area contributed by atoms with Crippen molar-refractivity contribution in [3.63, 3.8) is 0 Å². The molecule has 1 amide bonds. The summed E-state index contributed by atoms with van der Waals surface area (Å²) in [4.78, 5) is 25.8. The molecule has 8 nitrogen and oxygen atoms in total. The highest BCUT2D eigenvalue weighted by Gasteiger charge is 2.32. The van der Waals surface area contributed by atoms with Crippen LogP contribution in [0.25, 0.3) is 11.3 Å². The summed E-state index contributed by atoms with van der Waals surface area (Å²) in [7, 11) is 5.42. The number of aryl methyl sites for hydroxylation is 1. The van der Waals surface area contributed by atoms with E-state index >= 15 is 0 Å². The number of rotatable bonds is 6. The van der Waals surface area contributed by atoms with Crippen molar-refractivity contribution in [2.24, 2.45) is 0 Å².